The Morgan fingerprint density at radius 1 is 1.20 bits per heavy atom. The molecule has 0 bridgehead atoms. The number of allylic oxidation sites excluding steroid dienone is 1. The maximum Gasteiger partial charge on any atom is 0.237 e. The zero-order chi connectivity index (χ0) is 14.0. The molecule has 5 nitrogen and oxygen atoms in total. The summed E-state index contributed by atoms with van der Waals surface area (Å²) < 4.78 is 27.1. The molecule has 0 aromatic heterocycles. The van der Waals surface area contributed by atoms with Gasteiger partial charge in [0.2, 0.25) is 10.0 Å². The molecule has 1 aliphatic heterocycles. The van der Waals surface area contributed by atoms with Crippen molar-refractivity contribution in [2.45, 2.75) is 19.3 Å². The van der Waals surface area contributed by atoms with Gasteiger partial charge in [-0.15, -0.1) is 0 Å². The standard InChI is InChI=1S/C14H16N2O3S/c17-20(18,15-10-13-7-8-19-16-13)14-6-5-11-3-1-2-4-12(11)9-14/h1-4,9,15H,5-8,10H2. The second kappa shape index (κ2) is 5.38. The van der Waals surface area contributed by atoms with Gasteiger partial charge in [-0.2, -0.15) is 0 Å². The van der Waals surface area contributed by atoms with E-state index < -0.39 is 10.0 Å². The molecular formula is C14H16N2O3S. The van der Waals surface area contributed by atoms with Crippen LogP contribution in [0.5, 0.6) is 0 Å². The molecule has 1 heterocycles. The minimum Gasteiger partial charge on any atom is -0.395 e. The average Bonchev–Trinajstić information content (AvgIpc) is 2.98. The maximum absolute atomic E-state index is 12.3. The van der Waals surface area contributed by atoms with Crippen molar-refractivity contribution < 1.29 is 13.3 Å². The molecule has 3 rings (SSSR count). The highest BCUT2D eigenvalue weighted by molar-refractivity contribution is 7.93. The zero-order valence-corrected chi connectivity index (χ0v) is 11.8. The van der Waals surface area contributed by atoms with Crippen molar-refractivity contribution in [3.05, 3.63) is 40.3 Å². The van der Waals surface area contributed by atoms with E-state index in [0.717, 1.165) is 17.7 Å². The van der Waals surface area contributed by atoms with Gasteiger partial charge in [0.25, 0.3) is 0 Å². The Morgan fingerprint density at radius 3 is 2.85 bits per heavy atom. The van der Waals surface area contributed by atoms with Gasteiger partial charge in [0.1, 0.15) is 6.61 Å². The number of hydrogen-bond acceptors (Lipinski definition) is 4. The van der Waals surface area contributed by atoms with Gasteiger partial charge in [-0.3, -0.25) is 0 Å². The van der Waals surface area contributed by atoms with E-state index >= 15 is 0 Å². The Hall–Kier alpha value is -1.66. The van der Waals surface area contributed by atoms with Gasteiger partial charge in [0, 0.05) is 6.42 Å². The van der Waals surface area contributed by atoms with E-state index in [1.807, 2.05) is 24.3 Å². The first-order valence-electron chi connectivity index (χ1n) is 6.61. The van der Waals surface area contributed by atoms with E-state index in [9.17, 15) is 8.42 Å². The topological polar surface area (TPSA) is 67.8 Å². The summed E-state index contributed by atoms with van der Waals surface area (Å²) in [5.74, 6) is 0. The van der Waals surface area contributed by atoms with E-state index in [0.29, 0.717) is 24.4 Å². The first-order chi connectivity index (χ1) is 9.65. The molecule has 0 fully saturated rings. The largest absolute Gasteiger partial charge is 0.395 e. The molecule has 6 heteroatoms. The number of oxime groups is 1. The second-order valence-electron chi connectivity index (χ2n) is 4.87. The highest BCUT2D eigenvalue weighted by Crippen LogP contribution is 2.26. The summed E-state index contributed by atoms with van der Waals surface area (Å²) in [5, 5.41) is 3.79. The van der Waals surface area contributed by atoms with Crippen LogP contribution in [0.15, 0.2) is 34.3 Å². The van der Waals surface area contributed by atoms with Gasteiger partial charge in [0.05, 0.1) is 17.2 Å². The van der Waals surface area contributed by atoms with Crippen LogP contribution in [-0.4, -0.2) is 27.3 Å². The predicted octanol–water partition coefficient (Wildman–Crippen LogP) is 1.67. The average molecular weight is 292 g/mol. The minimum absolute atomic E-state index is 0.224. The summed E-state index contributed by atoms with van der Waals surface area (Å²) in [5.41, 5.74) is 2.92. The van der Waals surface area contributed by atoms with Crippen LogP contribution in [0.2, 0.25) is 0 Å². The lowest BCUT2D eigenvalue weighted by Crippen LogP contribution is -2.30. The molecule has 2 aliphatic rings. The van der Waals surface area contributed by atoms with Gasteiger partial charge in [-0.1, -0.05) is 29.4 Å². The number of sulfonamides is 1. The number of fused-ring (bicyclic) bond motifs is 1. The van der Waals surface area contributed by atoms with Crippen molar-refractivity contribution in [3.8, 4) is 0 Å². The second-order valence-corrected chi connectivity index (χ2v) is 6.69. The third-order valence-corrected chi connectivity index (χ3v) is 5.04. The van der Waals surface area contributed by atoms with Crippen LogP contribution in [0.3, 0.4) is 0 Å². The summed E-state index contributed by atoms with van der Waals surface area (Å²) >= 11 is 0. The molecule has 0 saturated heterocycles. The molecule has 1 aliphatic carbocycles. The maximum atomic E-state index is 12.3. The summed E-state index contributed by atoms with van der Waals surface area (Å²) in [4.78, 5) is 5.29. The highest BCUT2D eigenvalue weighted by Gasteiger charge is 2.22. The van der Waals surface area contributed by atoms with Crippen LogP contribution in [0, 0.1) is 0 Å². The molecular weight excluding hydrogens is 276 g/mol. The fourth-order valence-electron chi connectivity index (χ4n) is 2.36. The first kappa shape index (κ1) is 13.3. The molecule has 106 valence electrons. The lowest BCUT2D eigenvalue weighted by Gasteiger charge is -2.16. The lowest BCUT2D eigenvalue weighted by molar-refractivity contribution is 0.173. The Bertz CT molecular complexity index is 677. The van der Waals surface area contributed by atoms with Crippen LogP contribution in [0.1, 0.15) is 24.0 Å². The van der Waals surface area contributed by atoms with Crippen LogP contribution < -0.4 is 4.72 Å². The van der Waals surface area contributed by atoms with E-state index in [4.69, 9.17) is 4.84 Å². The Morgan fingerprint density at radius 2 is 2.05 bits per heavy atom. The molecule has 1 aromatic carbocycles. The van der Waals surface area contributed by atoms with E-state index in [-0.39, 0.29) is 6.54 Å². The van der Waals surface area contributed by atoms with Crippen LogP contribution in [0.4, 0.5) is 0 Å². The number of nitrogens with zero attached hydrogens (tertiary/aromatic N) is 1. The van der Waals surface area contributed by atoms with E-state index in [1.54, 1.807) is 6.08 Å². The Kier molecular flexibility index (Phi) is 3.58. The summed E-state index contributed by atoms with van der Waals surface area (Å²) in [6.45, 7) is 0.758. The Balaban J connectivity index is 1.76. The van der Waals surface area contributed by atoms with Crippen molar-refractivity contribution in [2.24, 2.45) is 5.16 Å². The fourth-order valence-corrected chi connectivity index (χ4v) is 3.55. The molecule has 20 heavy (non-hydrogen) atoms. The summed E-state index contributed by atoms with van der Waals surface area (Å²) in [6.07, 6.45) is 3.74. The predicted molar refractivity (Wildman–Crippen MR) is 77.7 cm³/mol. The van der Waals surface area contributed by atoms with Gasteiger partial charge >= 0.3 is 0 Å². The first-order valence-corrected chi connectivity index (χ1v) is 8.09. The molecule has 0 atom stereocenters. The number of hydrogen-bond donors (Lipinski definition) is 1. The van der Waals surface area contributed by atoms with Gasteiger partial charge < -0.3 is 4.84 Å². The van der Waals surface area contributed by atoms with Crippen molar-refractivity contribution in [3.63, 3.8) is 0 Å². The quantitative estimate of drug-likeness (QED) is 0.918. The Labute approximate surface area is 118 Å². The molecule has 0 amide bonds. The number of aryl methyl sites for hydroxylation is 1. The van der Waals surface area contributed by atoms with E-state index in [1.165, 1.54) is 5.56 Å². The monoisotopic (exact) mass is 292 g/mol. The number of nitrogens with one attached hydrogen (secondary N) is 1. The molecule has 0 radical (unpaired) electrons. The van der Waals surface area contributed by atoms with Crippen LogP contribution >= 0.6 is 0 Å². The normalized spacial score (nSPS) is 18.0. The molecule has 0 spiro atoms. The van der Waals surface area contributed by atoms with Crippen molar-refractivity contribution in [2.75, 3.05) is 13.2 Å². The van der Waals surface area contributed by atoms with Gasteiger partial charge in [-0.05, 0) is 30.0 Å². The summed E-state index contributed by atoms with van der Waals surface area (Å²) in [7, 11) is -3.44. The smallest absolute Gasteiger partial charge is 0.237 e. The molecule has 1 N–H and O–H groups in total. The fraction of sp³-hybridized carbons (Fsp3) is 0.357. The lowest BCUT2D eigenvalue weighted by atomic mass is 9.98. The van der Waals surface area contributed by atoms with Crippen LogP contribution in [-0.2, 0) is 21.3 Å². The van der Waals surface area contributed by atoms with Crippen molar-refractivity contribution in [1.82, 2.24) is 4.72 Å². The van der Waals surface area contributed by atoms with Gasteiger partial charge in [-0.25, -0.2) is 13.1 Å². The van der Waals surface area contributed by atoms with Crippen LogP contribution in [0.25, 0.3) is 6.08 Å². The number of benzene rings is 1. The van der Waals surface area contributed by atoms with Gasteiger partial charge in [0.15, 0.2) is 0 Å². The highest BCUT2D eigenvalue weighted by atomic mass is 32.2. The minimum atomic E-state index is -3.44. The van der Waals surface area contributed by atoms with Crippen molar-refractivity contribution >= 4 is 21.8 Å². The molecule has 1 aromatic rings. The third kappa shape index (κ3) is 2.76. The van der Waals surface area contributed by atoms with Crippen molar-refractivity contribution in [1.29, 1.82) is 0 Å². The molecule has 0 unspecified atom stereocenters. The third-order valence-electron chi connectivity index (χ3n) is 3.50. The summed E-state index contributed by atoms with van der Waals surface area (Å²) in [6, 6.07) is 7.87. The molecule has 0 saturated carbocycles. The zero-order valence-electron chi connectivity index (χ0n) is 11.0. The number of rotatable bonds is 4. The van der Waals surface area contributed by atoms with E-state index in [2.05, 4.69) is 9.88 Å². The SMILES string of the molecule is O=S(=O)(NCC1=NOCC1)C1=Cc2ccccc2CC1.